The molecule has 2 atom stereocenters. The Bertz CT molecular complexity index is 610. The van der Waals surface area contributed by atoms with Crippen LogP contribution in [-0.2, 0) is 22.7 Å². The smallest absolute Gasteiger partial charge is 0.118 e. The summed E-state index contributed by atoms with van der Waals surface area (Å²) in [6, 6.07) is 17.6. The third-order valence-corrected chi connectivity index (χ3v) is 3.92. The Balaban J connectivity index is 1.92. The van der Waals surface area contributed by atoms with Crippen LogP contribution in [-0.4, -0.2) is 31.0 Å². The fourth-order valence-corrected chi connectivity index (χ4v) is 2.47. The van der Waals surface area contributed by atoms with Crippen LogP contribution < -0.4 is 4.74 Å². The van der Waals surface area contributed by atoms with Crippen molar-refractivity contribution in [1.82, 2.24) is 0 Å². The second-order valence-corrected chi connectivity index (χ2v) is 5.74. The first kappa shape index (κ1) is 19.2. The highest BCUT2D eigenvalue weighted by Crippen LogP contribution is 2.16. The Labute approximate surface area is 149 Å². The van der Waals surface area contributed by atoms with E-state index in [0.29, 0.717) is 19.6 Å². The third kappa shape index (κ3) is 6.35. The quantitative estimate of drug-likeness (QED) is 0.632. The molecule has 25 heavy (non-hydrogen) atoms. The molecule has 0 spiro atoms. The van der Waals surface area contributed by atoms with Crippen molar-refractivity contribution in [3.8, 4) is 5.75 Å². The molecule has 2 aromatic carbocycles. The van der Waals surface area contributed by atoms with Crippen molar-refractivity contribution in [2.75, 3.05) is 13.7 Å². The van der Waals surface area contributed by atoms with Gasteiger partial charge in [-0.1, -0.05) is 48.5 Å². The summed E-state index contributed by atoms with van der Waals surface area (Å²) in [5.74, 6) is 0.804. The number of aliphatic hydroxyl groups is 1. The normalized spacial score (nSPS) is 13.2. The summed E-state index contributed by atoms with van der Waals surface area (Å²) in [4.78, 5) is 0. The fourth-order valence-electron chi connectivity index (χ4n) is 2.47. The number of benzene rings is 2. The molecule has 0 radical (unpaired) electrons. The van der Waals surface area contributed by atoms with Crippen molar-refractivity contribution < 1.29 is 19.3 Å². The maximum atomic E-state index is 9.72. The van der Waals surface area contributed by atoms with Crippen molar-refractivity contribution in [2.45, 2.75) is 31.8 Å². The van der Waals surface area contributed by atoms with E-state index in [1.165, 1.54) is 0 Å². The Kier molecular flexibility index (Phi) is 8.19. The van der Waals surface area contributed by atoms with Crippen molar-refractivity contribution >= 4 is 0 Å². The van der Waals surface area contributed by atoms with Gasteiger partial charge in [-0.2, -0.15) is 0 Å². The summed E-state index contributed by atoms with van der Waals surface area (Å²) in [6.45, 7) is 4.55. The van der Waals surface area contributed by atoms with Gasteiger partial charge in [-0.15, -0.1) is 6.58 Å². The second kappa shape index (κ2) is 10.7. The van der Waals surface area contributed by atoms with E-state index in [-0.39, 0.29) is 12.7 Å². The topological polar surface area (TPSA) is 47.9 Å². The standard InChI is InChI=1S/C21H26O4/c1-3-7-20(24-15-17-8-5-4-6-9-17)21(14-22)25-16-18-10-12-19(23-2)13-11-18/h3-6,8-13,20-22H,1,7,14-16H2,2H3/t20-,21+/m0/s1. The lowest BCUT2D eigenvalue weighted by molar-refractivity contribution is -0.102. The highest BCUT2D eigenvalue weighted by atomic mass is 16.5. The molecular formula is C21H26O4. The van der Waals surface area contributed by atoms with Crippen LogP contribution in [0.5, 0.6) is 5.75 Å². The molecule has 0 aromatic heterocycles. The Morgan fingerprint density at radius 1 is 0.920 bits per heavy atom. The zero-order valence-electron chi connectivity index (χ0n) is 14.6. The van der Waals surface area contributed by atoms with Crippen LogP contribution in [0.2, 0.25) is 0 Å². The van der Waals surface area contributed by atoms with Crippen LogP contribution in [0.15, 0.2) is 67.3 Å². The van der Waals surface area contributed by atoms with E-state index in [0.717, 1.165) is 16.9 Å². The van der Waals surface area contributed by atoms with Gasteiger partial charge in [-0.25, -0.2) is 0 Å². The zero-order valence-corrected chi connectivity index (χ0v) is 14.6. The van der Waals surface area contributed by atoms with Crippen LogP contribution in [0.3, 0.4) is 0 Å². The van der Waals surface area contributed by atoms with Gasteiger partial charge in [0.15, 0.2) is 0 Å². The number of rotatable bonds is 11. The van der Waals surface area contributed by atoms with Gasteiger partial charge in [0.1, 0.15) is 11.9 Å². The largest absolute Gasteiger partial charge is 0.497 e. The van der Waals surface area contributed by atoms with Gasteiger partial charge in [0.05, 0.1) is 33.0 Å². The molecule has 0 fully saturated rings. The lowest BCUT2D eigenvalue weighted by atomic mass is 10.1. The highest BCUT2D eigenvalue weighted by Gasteiger charge is 2.21. The summed E-state index contributed by atoms with van der Waals surface area (Å²) in [7, 11) is 1.64. The molecule has 4 heteroatoms. The van der Waals surface area contributed by atoms with Crippen molar-refractivity contribution in [3.05, 3.63) is 78.4 Å². The Morgan fingerprint density at radius 3 is 2.08 bits per heavy atom. The van der Waals surface area contributed by atoms with Crippen LogP contribution in [0.25, 0.3) is 0 Å². The van der Waals surface area contributed by atoms with Crippen LogP contribution in [0, 0.1) is 0 Å². The zero-order chi connectivity index (χ0) is 17.9. The molecule has 0 saturated heterocycles. The van der Waals surface area contributed by atoms with Crippen LogP contribution in [0.4, 0.5) is 0 Å². The number of hydrogen-bond acceptors (Lipinski definition) is 4. The van der Waals surface area contributed by atoms with Gasteiger partial charge in [0, 0.05) is 0 Å². The second-order valence-electron chi connectivity index (χ2n) is 5.74. The van der Waals surface area contributed by atoms with E-state index in [2.05, 4.69) is 6.58 Å². The molecule has 0 aliphatic carbocycles. The van der Waals surface area contributed by atoms with E-state index < -0.39 is 6.10 Å². The molecule has 0 heterocycles. The van der Waals surface area contributed by atoms with Crippen molar-refractivity contribution in [1.29, 1.82) is 0 Å². The summed E-state index contributed by atoms with van der Waals surface area (Å²) in [6.07, 6.45) is 1.74. The minimum absolute atomic E-state index is 0.108. The van der Waals surface area contributed by atoms with Gasteiger partial charge >= 0.3 is 0 Å². The molecule has 0 saturated carbocycles. The van der Waals surface area contributed by atoms with E-state index in [4.69, 9.17) is 14.2 Å². The molecule has 0 aliphatic heterocycles. The summed E-state index contributed by atoms with van der Waals surface area (Å²) >= 11 is 0. The van der Waals surface area contributed by atoms with E-state index >= 15 is 0 Å². The number of ether oxygens (including phenoxy) is 3. The average Bonchev–Trinajstić information content (AvgIpc) is 2.67. The predicted molar refractivity (Wildman–Crippen MR) is 98.5 cm³/mol. The average molecular weight is 342 g/mol. The van der Waals surface area contributed by atoms with Gasteiger partial charge in [0.25, 0.3) is 0 Å². The third-order valence-electron chi connectivity index (χ3n) is 3.92. The maximum absolute atomic E-state index is 9.72. The van der Waals surface area contributed by atoms with E-state index in [1.807, 2.05) is 54.6 Å². The Morgan fingerprint density at radius 2 is 1.52 bits per heavy atom. The van der Waals surface area contributed by atoms with E-state index in [1.54, 1.807) is 13.2 Å². The first-order valence-corrected chi connectivity index (χ1v) is 8.38. The molecule has 0 unspecified atom stereocenters. The van der Waals surface area contributed by atoms with Gasteiger partial charge in [-0.3, -0.25) is 0 Å². The summed E-state index contributed by atoms with van der Waals surface area (Å²) in [5, 5.41) is 9.72. The predicted octanol–water partition coefficient (Wildman–Crippen LogP) is 3.73. The first-order valence-electron chi connectivity index (χ1n) is 8.38. The molecule has 4 nitrogen and oxygen atoms in total. The molecule has 134 valence electrons. The lowest BCUT2D eigenvalue weighted by Crippen LogP contribution is -2.34. The van der Waals surface area contributed by atoms with Crippen molar-refractivity contribution in [2.24, 2.45) is 0 Å². The molecular weight excluding hydrogens is 316 g/mol. The van der Waals surface area contributed by atoms with Crippen LogP contribution >= 0.6 is 0 Å². The maximum Gasteiger partial charge on any atom is 0.118 e. The van der Waals surface area contributed by atoms with E-state index in [9.17, 15) is 5.11 Å². The number of methoxy groups -OCH3 is 1. The Hall–Kier alpha value is -2.14. The monoisotopic (exact) mass is 342 g/mol. The molecule has 0 aliphatic rings. The summed E-state index contributed by atoms with van der Waals surface area (Å²) in [5.41, 5.74) is 2.10. The van der Waals surface area contributed by atoms with Crippen molar-refractivity contribution in [3.63, 3.8) is 0 Å². The first-order chi connectivity index (χ1) is 12.3. The number of aliphatic hydroxyl groups excluding tert-OH is 1. The van der Waals surface area contributed by atoms with Gasteiger partial charge in [-0.05, 0) is 29.7 Å². The fraction of sp³-hybridized carbons (Fsp3) is 0.333. The highest BCUT2D eigenvalue weighted by molar-refractivity contribution is 5.26. The molecule has 2 aromatic rings. The SMILES string of the molecule is C=CC[C@H](OCc1ccccc1)[C@@H](CO)OCc1ccc(OC)cc1. The summed E-state index contributed by atoms with van der Waals surface area (Å²) < 4.78 is 17.0. The van der Waals surface area contributed by atoms with Crippen LogP contribution in [0.1, 0.15) is 17.5 Å². The van der Waals surface area contributed by atoms with Gasteiger partial charge in [0.2, 0.25) is 0 Å². The minimum atomic E-state index is -0.413. The molecule has 2 rings (SSSR count). The molecule has 0 amide bonds. The minimum Gasteiger partial charge on any atom is -0.497 e. The van der Waals surface area contributed by atoms with Gasteiger partial charge < -0.3 is 19.3 Å². The molecule has 0 bridgehead atoms. The molecule has 1 N–H and O–H groups in total. The lowest BCUT2D eigenvalue weighted by Gasteiger charge is -2.25. The number of hydrogen-bond donors (Lipinski definition) is 1.